The van der Waals surface area contributed by atoms with Gasteiger partial charge in [0.05, 0.1) is 32.1 Å². The lowest BCUT2D eigenvalue weighted by Crippen LogP contribution is -2.37. The lowest BCUT2D eigenvalue weighted by atomic mass is 10.2. The molecule has 0 spiro atoms. The molecule has 170 valence electrons. The van der Waals surface area contributed by atoms with E-state index in [9.17, 15) is 4.79 Å². The van der Waals surface area contributed by atoms with Crippen LogP contribution in [0.1, 0.15) is 28.3 Å². The molecule has 1 amide bonds. The number of nitrogens with zero attached hydrogens (tertiary/aromatic N) is 4. The molecule has 9 heteroatoms. The Morgan fingerprint density at radius 1 is 1.22 bits per heavy atom. The predicted molar refractivity (Wildman–Crippen MR) is 117 cm³/mol. The number of aryl methyl sites for hydroxylation is 2. The van der Waals surface area contributed by atoms with Crippen molar-refractivity contribution < 1.29 is 18.8 Å². The summed E-state index contributed by atoms with van der Waals surface area (Å²) in [7, 11) is 1.64. The second-order valence-electron chi connectivity index (χ2n) is 8.11. The number of amides is 1. The van der Waals surface area contributed by atoms with Gasteiger partial charge in [-0.2, -0.15) is 5.10 Å². The minimum atomic E-state index is -0.163. The van der Waals surface area contributed by atoms with Crippen molar-refractivity contribution in [1.82, 2.24) is 25.2 Å². The second-order valence-corrected chi connectivity index (χ2v) is 8.11. The van der Waals surface area contributed by atoms with Gasteiger partial charge in [-0.25, -0.2) is 0 Å². The number of carbonyl (C=O) groups is 1. The predicted octanol–water partition coefficient (Wildman–Crippen LogP) is 2.45. The van der Waals surface area contributed by atoms with Gasteiger partial charge in [0.15, 0.2) is 0 Å². The highest BCUT2D eigenvalue weighted by Gasteiger charge is 2.29. The molecule has 1 aliphatic rings. The molecule has 3 aromatic rings. The number of benzene rings is 1. The van der Waals surface area contributed by atoms with Gasteiger partial charge < -0.3 is 18.9 Å². The van der Waals surface area contributed by atoms with Gasteiger partial charge in [0.1, 0.15) is 11.5 Å². The highest BCUT2D eigenvalue weighted by molar-refractivity contribution is 5.78. The number of hydrogen-bond donors (Lipinski definition) is 1. The molecule has 1 unspecified atom stereocenters. The van der Waals surface area contributed by atoms with Crippen LogP contribution in [0.5, 0.6) is 5.75 Å². The molecule has 1 aromatic carbocycles. The van der Waals surface area contributed by atoms with E-state index in [1.165, 1.54) is 0 Å². The van der Waals surface area contributed by atoms with Gasteiger partial charge in [-0.05, 0) is 37.6 Å². The van der Waals surface area contributed by atoms with Gasteiger partial charge >= 0.3 is 0 Å². The van der Waals surface area contributed by atoms with Crippen LogP contribution in [0.4, 0.5) is 0 Å². The third-order valence-corrected chi connectivity index (χ3v) is 5.70. The van der Waals surface area contributed by atoms with Crippen molar-refractivity contribution in [3.8, 4) is 5.75 Å². The lowest BCUT2D eigenvalue weighted by molar-refractivity contribution is -0.132. The number of ether oxygens (including phenoxy) is 2. The number of rotatable bonds is 8. The first-order valence-corrected chi connectivity index (χ1v) is 10.7. The highest BCUT2D eigenvalue weighted by atomic mass is 16.5. The van der Waals surface area contributed by atoms with Crippen molar-refractivity contribution >= 4 is 5.91 Å². The van der Waals surface area contributed by atoms with E-state index in [1.807, 2.05) is 49.1 Å². The van der Waals surface area contributed by atoms with E-state index < -0.39 is 0 Å². The maximum atomic E-state index is 13.1. The van der Waals surface area contributed by atoms with Crippen LogP contribution >= 0.6 is 0 Å². The van der Waals surface area contributed by atoms with Crippen LogP contribution < -0.4 is 4.74 Å². The van der Waals surface area contributed by atoms with Crippen molar-refractivity contribution in [3.63, 3.8) is 0 Å². The second kappa shape index (κ2) is 9.97. The van der Waals surface area contributed by atoms with Crippen molar-refractivity contribution in [2.24, 2.45) is 0 Å². The van der Waals surface area contributed by atoms with Crippen molar-refractivity contribution in [2.75, 3.05) is 26.7 Å². The molecule has 1 N–H and O–H groups in total. The zero-order chi connectivity index (χ0) is 22.5. The molecular formula is C23H29N5O4. The summed E-state index contributed by atoms with van der Waals surface area (Å²) >= 11 is 0. The van der Waals surface area contributed by atoms with E-state index in [0.29, 0.717) is 39.3 Å². The summed E-state index contributed by atoms with van der Waals surface area (Å²) in [5, 5.41) is 11.0. The van der Waals surface area contributed by atoms with Crippen LogP contribution in [0.25, 0.3) is 0 Å². The Labute approximate surface area is 187 Å². The Morgan fingerprint density at radius 3 is 2.81 bits per heavy atom. The SMILES string of the molecule is COc1cccc(CN2CC(OCc3c(C)noc3C)CN(Cc3ccn[nH]3)CC2=O)c1. The van der Waals surface area contributed by atoms with E-state index in [0.717, 1.165) is 34.0 Å². The number of H-pyrrole nitrogens is 1. The first kappa shape index (κ1) is 22.0. The fraction of sp³-hybridized carbons (Fsp3) is 0.435. The molecule has 1 aliphatic heterocycles. The van der Waals surface area contributed by atoms with E-state index in [-0.39, 0.29) is 12.0 Å². The quantitative estimate of drug-likeness (QED) is 0.576. The summed E-state index contributed by atoms with van der Waals surface area (Å²) in [4.78, 5) is 17.1. The van der Waals surface area contributed by atoms with Gasteiger partial charge in [0, 0.05) is 43.6 Å². The molecular weight excluding hydrogens is 410 g/mol. The van der Waals surface area contributed by atoms with E-state index in [4.69, 9.17) is 14.0 Å². The first-order chi connectivity index (χ1) is 15.5. The van der Waals surface area contributed by atoms with Gasteiger partial charge in [0.25, 0.3) is 0 Å². The van der Waals surface area contributed by atoms with Gasteiger partial charge in [-0.3, -0.25) is 14.8 Å². The molecule has 9 nitrogen and oxygen atoms in total. The smallest absolute Gasteiger partial charge is 0.237 e. The Bertz CT molecular complexity index is 1010. The molecule has 2 aromatic heterocycles. The topological polar surface area (TPSA) is 96.7 Å². The summed E-state index contributed by atoms with van der Waals surface area (Å²) < 4.78 is 16.9. The molecule has 0 bridgehead atoms. The van der Waals surface area contributed by atoms with Gasteiger partial charge in [-0.1, -0.05) is 17.3 Å². The summed E-state index contributed by atoms with van der Waals surface area (Å²) in [6.45, 7) is 6.73. The number of methoxy groups -OCH3 is 1. The maximum Gasteiger partial charge on any atom is 0.237 e. The third kappa shape index (κ3) is 5.35. The molecule has 1 atom stereocenters. The number of hydrogen-bond acceptors (Lipinski definition) is 7. The summed E-state index contributed by atoms with van der Waals surface area (Å²) in [6.07, 6.45) is 1.55. The fourth-order valence-electron chi connectivity index (χ4n) is 3.94. The Kier molecular flexibility index (Phi) is 6.87. The zero-order valence-electron chi connectivity index (χ0n) is 18.7. The van der Waals surface area contributed by atoms with Crippen LogP contribution in [0, 0.1) is 13.8 Å². The van der Waals surface area contributed by atoms with Crippen LogP contribution in [-0.2, 0) is 29.2 Å². The third-order valence-electron chi connectivity index (χ3n) is 5.70. The number of aromatic nitrogens is 3. The Morgan fingerprint density at radius 2 is 2.09 bits per heavy atom. The fourth-order valence-corrected chi connectivity index (χ4v) is 3.94. The standard InChI is InChI=1S/C23H29N5O4/c1-16-22(17(2)32-26-16)15-31-21-12-27(11-19-7-8-24-25-19)14-23(29)28(13-21)10-18-5-4-6-20(9-18)30-3/h4-9,21H,10-15H2,1-3H3,(H,24,25). The van der Waals surface area contributed by atoms with Crippen LogP contribution in [0.2, 0.25) is 0 Å². The Balaban J connectivity index is 1.50. The summed E-state index contributed by atoms with van der Waals surface area (Å²) in [5.74, 6) is 1.60. The molecule has 1 fully saturated rings. The summed E-state index contributed by atoms with van der Waals surface area (Å²) in [6, 6.07) is 9.72. The minimum absolute atomic E-state index is 0.0655. The molecule has 3 heterocycles. The molecule has 0 radical (unpaired) electrons. The summed E-state index contributed by atoms with van der Waals surface area (Å²) in [5.41, 5.74) is 3.77. The highest BCUT2D eigenvalue weighted by Crippen LogP contribution is 2.20. The van der Waals surface area contributed by atoms with E-state index in [1.54, 1.807) is 13.3 Å². The molecule has 4 rings (SSSR count). The first-order valence-electron chi connectivity index (χ1n) is 10.7. The van der Waals surface area contributed by atoms with Crippen LogP contribution in [-0.4, -0.2) is 63.9 Å². The zero-order valence-corrected chi connectivity index (χ0v) is 18.7. The van der Waals surface area contributed by atoms with Crippen LogP contribution in [0.15, 0.2) is 41.1 Å². The number of nitrogens with one attached hydrogen (secondary N) is 1. The Hall–Kier alpha value is -3.17. The number of aromatic amines is 1. The van der Waals surface area contributed by atoms with E-state index >= 15 is 0 Å². The molecule has 32 heavy (non-hydrogen) atoms. The maximum absolute atomic E-state index is 13.1. The van der Waals surface area contributed by atoms with Gasteiger partial charge in [0.2, 0.25) is 5.91 Å². The van der Waals surface area contributed by atoms with E-state index in [2.05, 4.69) is 20.3 Å². The largest absolute Gasteiger partial charge is 0.497 e. The molecule has 1 saturated heterocycles. The lowest BCUT2D eigenvalue weighted by Gasteiger charge is -2.25. The normalized spacial score (nSPS) is 17.5. The van der Waals surface area contributed by atoms with Gasteiger partial charge in [-0.15, -0.1) is 0 Å². The molecule has 0 saturated carbocycles. The average molecular weight is 440 g/mol. The average Bonchev–Trinajstić information content (AvgIpc) is 3.37. The minimum Gasteiger partial charge on any atom is -0.497 e. The number of carbonyl (C=O) groups excluding carboxylic acids is 1. The van der Waals surface area contributed by atoms with Crippen molar-refractivity contribution in [3.05, 3.63) is 64.8 Å². The van der Waals surface area contributed by atoms with Crippen molar-refractivity contribution in [1.29, 1.82) is 0 Å². The van der Waals surface area contributed by atoms with Crippen molar-refractivity contribution in [2.45, 2.75) is 39.6 Å². The molecule has 0 aliphatic carbocycles. The van der Waals surface area contributed by atoms with Crippen LogP contribution in [0.3, 0.4) is 0 Å². The monoisotopic (exact) mass is 439 g/mol.